The van der Waals surface area contributed by atoms with Gasteiger partial charge in [0.2, 0.25) is 0 Å². The lowest BCUT2D eigenvalue weighted by molar-refractivity contribution is 0.617. The van der Waals surface area contributed by atoms with E-state index in [2.05, 4.69) is 39.1 Å². The Hall–Kier alpha value is -0.930. The Balaban J connectivity index is 2.06. The summed E-state index contributed by atoms with van der Waals surface area (Å²) in [7, 11) is 0. The molecule has 0 amide bonds. The van der Waals surface area contributed by atoms with Gasteiger partial charge in [0.15, 0.2) is 0 Å². The molecule has 1 aromatic heterocycles. The number of nitrogens with zero attached hydrogens (tertiary/aromatic N) is 1. The van der Waals surface area contributed by atoms with Crippen LogP contribution < -0.4 is 5.73 Å². The number of halogens is 1. The number of nitrogens with two attached hydrogens (primary N) is 1. The molecule has 16 heavy (non-hydrogen) atoms. The van der Waals surface area contributed by atoms with Crippen LogP contribution in [0, 0.1) is 5.92 Å². The van der Waals surface area contributed by atoms with Crippen LogP contribution in [-0.4, -0.2) is 4.98 Å². The molecule has 1 aromatic carbocycles. The van der Waals surface area contributed by atoms with Crippen molar-refractivity contribution in [3.63, 3.8) is 0 Å². The van der Waals surface area contributed by atoms with Crippen molar-refractivity contribution in [2.75, 3.05) is 0 Å². The number of rotatable bonds is 2. The third-order valence-electron chi connectivity index (χ3n) is 3.15. The van der Waals surface area contributed by atoms with E-state index < -0.39 is 0 Å². The molecule has 1 aliphatic carbocycles. The average Bonchev–Trinajstić information content (AvgIpc) is 3.11. The number of pyridine rings is 1. The predicted molar refractivity (Wildman–Crippen MR) is 69.1 cm³/mol. The molecular weight excluding hydrogens is 264 g/mol. The third-order valence-corrected chi connectivity index (χ3v) is 3.64. The van der Waals surface area contributed by atoms with E-state index in [0.717, 1.165) is 21.1 Å². The summed E-state index contributed by atoms with van der Waals surface area (Å²) in [5, 5.41) is 1.16. The van der Waals surface area contributed by atoms with Crippen molar-refractivity contribution in [2.24, 2.45) is 11.7 Å². The first-order valence-corrected chi connectivity index (χ1v) is 6.35. The summed E-state index contributed by atoms with van der Waals surface area (Å²) >= 11 is 3.46. The summed E-state index contributed by atoms with van der Waals surface area (Å²) in [6, 6.07) is 10.4. The van der Waals surface area contributed by atoms with Crippen molar-refractivity contribution in [1.82, 2.24) is 4.98 Å². The van der Waals surface area contributed by atoms with Crippen LogP contribution in [0.5, 0.6) is 0 Å². The van der Waals surface area contributed by atoms with Crippen LogP contribution in [-0.2, 0) is 0 Å². The highest BCUT2D eigenvalue weighted by Gasteiger charge is 2.30. The molecule has 1 saturated carbocycles. The Labute approximate surface area is 103 Å². The quantitative estimate of drug-likeness (QED) is 0.913. The molecule has 0 aliphatic heterocycles. The fraction of sp³-hybridized carbons (Fsp3) is 0.308. The molecule has 1 aliphatic rings. The van der Waals surface area contributed by atoms with Gasteiger partial charge in [-0.25, -0.2) is 0 Å². The van der Waals surface area contributed by atoms with Gasteiger partial charge in [0.1, 0.15) is 0 Å². The van der Waals surface area contributed by atoms with Crippen molar-refractivity contribution in [3.05, 3.63) is 40.5 Å². The first-order valence-electron chi connectivity index (χ1n) is 5.56. The summed E-state index contributed by atoms with van der Waals surface area (Å²) in [4.78, 5) is 4.64. The zero-order chi connectivity index (χ0) is 11.1. The average molecular weight is 277 g/mol. The maximum atomic E-state index is 6.16. The minimum Gasteiger partial charge on any atom is -0.322 e. The van der Waals surface area contributed by atoms with Gasteiger partial charge in [0.25, 0.3) is 0 Å². The Bertz CT molecular complexity index is 534. The molecular formula is C13H13BrN2. The highest BCUT2D eigenvalue weighted by atomic mass is 79.9. The van der Waals surface area contributed by atoms with Gasteiger partial charge in [0, 0.05) is 15.9 Å². The summed E-state index contributed by atoms with van der Waals surface area (Å²) in [5.74, 6) is 0.650. The van der Waals surface area contributed by atoms with Crippen molar-refractivity contribution in [1.29, 1.82) is 0 Å². The molecule has 3 rings (SSSR count). The first-order chi connectivity index (χ1) is 7.74. The minimum atomic E-state index is 0.114. The second-order valence-corrected chi connectivity index (χ2v) is 5.35. The van der Waals surface area contributed by atoms with E-state index in [4.69, 9.17) is 5.73 Å². The Morgan fingerprint density at radius 3 is 2.75 bits per heavy atom. The van der Waals surface area contributed by atoms with Gasteiger partial charge in [-0.15, -0.1) is 0 Å². The van der Waals surface area contributed by atoms with Crippen LogP contribution in [0.2, 0.25) is 0 Å². The molecule has 0 bridgehead atoms. The lowest BCUT2D eigenvalue weighted by Gasteiger charge is -2.10. The summed E-state index contributed by atoms with van der Waals surface area (Å²) in [6.07, 6.45) is 2.50. The van der Waals surface area contributed by atoms with Crippen LogP contribution in [0.15, 0.2) is 34.8 Å². The molecule has 3 heteroatoms. The SMILES string of the molecule is N[C@@H](c1ccc2ccc(Br)cc2n1)C1CC1. The van der Waals surface area contributed by atoms with Crippen molar-refractivity contribution in [2.45, 2.75) is 18.9 Å². The Morgan fingerprint density at radius 2 is 2.00 bits per heavy atom. The largest absolute Gasteiger partial charge is 0.322 e. The zero-order valence-electron chi connectivity index (χ0n) is 8.86. The lowest BCUT2D eigenvalue weighted by atomic mass is 10.1. The van der Waals surface area contributed by atoms with E-state index >= 15 is 0 Å². The predicted octanol–water partition coefficient (Wildman–Crippen LogP) is 3.41. The maximum Gasteiger partial charge on any atom is 0.0717 e. The van der Waals surface area contributed by atoms with E-state index in [-0.39, 0.29) is 6.04 Å². The zero-order valence-corrected chi connectivity index (χ0v) is 10.4. The van der Waals surface area contributed by atoms with Gasteiger partial charge in [0.05, 0.1) is 11.2 Å². The van der Waals surface area contributed by atoms with Crippen molar-refractivity contribution < 1.29 is 0 Å². The fourth-order valence-electron chi connectivity index (χ4n) is 1.99. The number of aromatic nitrogens is 1. The van der Waals surface area contributed by atoms with Crippen molar-refractivity contribution >= 4 is 26.8 Å². The molecule has 0 radical (unpaired) electrons. The smallest absolute Gasteiger partial charge is 0.0717 e. The van der Waals surface area contributed by atoms with E-state index in [0.29, 0.717) is 5.92 Å². The number of hydrogen-bond acceptors (Lipinski definition) is 2. The Kier molecular flexibility index (Phi) is 2.45. The van der Waals surface area contributed by atoms with Crippen LogP contribution in [0.4, 0.5) is 0 Å². The second kappa shape index (κ2) is 3.82. The van der Waals surface area contributed by atoms with E-state index in [1.165, 1.54) is 12.8 Å². The van der Waals surface area contributed by atoms with E-state index in [1.807, 2.05) is 12.1 Å². The number of hydrogen-bond donors (Lipinski definition) is 1. The fourth-order valence-corrected chi connectivity index (χ4v) is 2.34. The molecule has 2 aromatic rings. The highest BCUT2D eigenvalue weighted by molar-refractivity contribution is 9.10. The monoisotopic (exact) mass is 276 g/mol. The van der Waals surface area contributed by atoms with Crippen LogP contribution >= 0.6 is 15.9 Å². The molecule has 82 valence electrons. The van der Waals surface area contributed by atoms with Crippen LogP contribution in [0.25, 0.3) is 10.9 Å². The highest BCUT2D eigenvalue weighted by Crippen LogP contribution is 2.39. The van der Waals surface area contributed by atoms with E-state index in [1.54, 1.807) is 0 Å². The van der Waals surface area contributed by atoms with Crippen molar-refractivity contribution in [3.8, 4) is 0 Å². The van der Waals surface area contributed by atoms with Gasteiger partial charge in [-0.2, -0.15) is 0 Å². The third kappa shape index (κ3) is 1.85. The molecule has 2 N–H and O–H groups in total. The summed E-state index contributed by atoms with van der Waals surface area (Å²) in [6.45, 7) is 0. The first kappa shape index (κ1) is 10.2. The molecule has 2 nitrogen and oxygen atoms in total. The van der Waals surface area contributed by atoms with Crippen LogP contribution in [0.1, 0.15) is 24.6 Å². The van der Waals surface area contributed by atoms with E-state index in [9.17, 15) is 0 Å². The van der Waals surface area contributed by atoms with Gasteiger partial charge < -0.3 is 5.73 Å². The normalized spacial score (nSPS) is 17.6. The topological polar surface area (TPSA) is 38.9 Å². The lowest BCUT2D eigenvalue weighted by Crippen LogP contribution is -2.13. The maximum absolute atomic E-state index is 6.16. The molecule has 0 unspecified atom stereocenters. The molecule has 1 atom stereocenters. The van der Waals surface area contributed by atoms with Crippen LogP contribution in [0.3, 0.4) is 0 Å². The molecule has 1 fully saturated rings. The van der Waals surface area contributed by atoms with Gasteiger partial charge in [-0.05, 0) is 37.0 Å². The number of benzene rings is 1. The second-order valence-electron chi connectivity index (χ2n) is 4.44. The van der Waals surface area contributed by atoms with Gasteiger partial charge in [-0.1, -0.05) is 28.1 Å². The summed E-state index contributed by atoms with van der Waals surface area (Å²) < 4.78 is 1.06. The molecule has 0 saturated heterocycles. The minimum absolute atomic E-state index is 0.114. The number of fused-ring (bicyclic) bond motifs is 1. The van der Waals surface area contributed by atoms with Gasteiger partial charge in [-0.3, -0.25) is 4.98 Å². The molecule has 1 heterocycles. The molecule has 0 spiro atoms. The Morgan fingerprint density at radius 1 is 1.25 bits per heavy atom. The van der Waals surface area contributed by atoms with Gasteiger partial charge >= 0.3 is 0 Å². The summed E-state index contributed by atoms with van der Waals surface area (Å²) in [5.41, 5.74) is 8.19. The standard InChI is InChI=1S/C13H13BrN2/c14-10-5-3-8-4-6-11(16-12(8)7-10)13(15)9-1-2-9/h3-7,9,13H,1-2,15H2/t13-/m1/s1.